The number of benzene rings is 1. The van der Waals surface area contributed by atoms with Crippen molar-refractivity contribution in [1.29, 1.82) is 0 Å². The van der Waals surface area contributed by atoms with Gasteiger partial charge >= 0.3 is 12.1 Å². The van der Waals surface area contributed by atoms with Gasteiger partial charge < -0.3 is 9.84 Å². The van der Waals surface area contributed by atoms with E-state index in [0.29, 0.717) is 10.4 Å². The zero-order valence-corrected chi connectivity index (χ0v) is 17.7. The number of ether oxygens (including phenoxy) is 1. The summed E-state index contributed by atoms with van der Waals surface area (Å²) in [5.74, 6) is -1.16. The van der Waals surface area contributed by atoms with Crippen molar-refractivity contribution >= 4 is 57.7 Å². The minimum atomic E-state index is -4.85. The number of carboxylic acids is 1. The Bertz CT molecular complexity index is 917. The van der Waals surface area contributed by atoms with Crippen LogP contribution in [0.3, 0.4) is 0 Å². The fourth-order valence-electron chi connectivity index (χ4n) is 2.72. The van der Waals surface area contributed by atoms with Gasteiger partial charge in [-0.2, -0.15) is 13.2 Å². The smallest absolute Gasteiger partial charge is 0.422 e. The molecule has 0 saturated heterocycles. The van der Waals surface area contributed by atoms with Crippen molar-refractivity contribution in [3.05, 3.63) is 60.7 Å². The highest BCUT2D eigenvalue weighted by molar-refractivity contribution is 7.15. The van der Waals surface area contributed by atoms with Gasteiger partial charge in [0.25, 0.3) is 0 Å². The summed E-state index contributed by atoms with van der Waals surface area (Å²) in [5, 5.41) is 8.79. The number of rotatable bonds is 6. The summed E-state index contributed by atoms with van der Waals surface area (Å²) in [6.45, 7) is 5.28. The quantitative estimate of drug-likeness (QED) is 0.450. The van der Waals surface area contributed by atoms with E-state index in [2.05, 4.69) is 6.58 Å². The lowest BCUT2D eigenvalue weighted by atomic mass is 9.86. The first-order valence-corrected chi connectivity index (χ1v) is 9.58. The molecule has 3 nitrogen and oxygen atoms in total. The normalized spacial score (nSPS) is 14.0. The summed E-state index contributed by atoms with van der Waals surface area (Å²) in [4.78, 5) is 11.6. The first-order valence-electron chi connectivity index (χ1n) is 7.62. The molecular weight excluding hydrogens is 460 g/mol. The van der Waals surface area contributed by atoms with Crippen LogP contribution >= 0.6 is 46.1 Å². The second-order valence-corrected chi connectivity index (χ2v) is 8.24. The molecule has 0 aliphatic carbocycles. The first kappa shape index (κ1) is 23.0. The average molecular weight is 474 g/mol. The summed E-state index contributed by atoms with van der Waals surface area (Å²) in [7, 11) is 0.916. The summed E-state index contributed by atoms with van der Waals surface area (Å²) in [5.41, 5.74) is -2.65. The van der Waals surface area contributed by atoms with Crippen LogP contribution in [0.1, 0.15) is 32.1 Å². The second-order valence-electron chi connectivity index (χ2n) is 5.99. The monoisotopic (exact) mass is 472 g/mol. The van der Waals surface area contributed by atoms with Crippen molar-refractivity contribution in [2.24, 2.45) is 0 Å². The number of alkyl halides is 3. The van der Waals surface area contributed by atoms with E-state index >= 15 is 0 Å². The van der Waals surface area contributed by atoms with E-state index in [1.165, 1.54) is 6.07 Å². The zero-order chi connectivity index (χ0) is 21.4. The standard InChI is InChI=1S/C18H14Cl3F3O3S/c1-8-4-13(28-15(8)16(25)26)9(2)7-17(27-3,18(22,23)24)10-5-11(19)14(21)12(20)6-10/h4-6H,2,7H2,1,3H3,(H,25,26). The van der Waals surface area contributed by atoms with Crippen LogP contribution in [0.4, 0.5) is 13.2 Å². The van der Waals surface area contributed by atoms with Gasteiger partial charge in [-0.05, 0) is 41.8 Å². The van der Waals surface area contributed by atoms with Gasteiger partial charge in [0.05, 0.1) is 15.1 Å². The van der Waals surface area contributed by atoms with E-state index in [0.717, 1.165) is 30.6 Å². The van der Waals surface area contributed by atoms with Gasteiger partial charge in [-0.15, -0.1) is 11.3 Å². The second kappa shape index (κ2) is 8.24. The Hall–Kier alpha value is -1.25. The van der Waals surface area contributed by atoms with Gasteiger partial charge in [0.2, 0.25) is 0 Å². The lowest BCUT2D eigenvalue weighted by molar-refractivity contribution is -0.274. The van der Waals surface area contributed by atoms with Gasteiger partial charge in [-0.3, -0.25) is 0 Å². The van der Waals surface area contributed by atoms with Gasteiger partial charge in [0.15, 0.2) is 5.60 Å². The fraction of sp³-hybridized carbons (Fsp3) is 0.278. The number of hydrogen-bond acceptors (Lipinski definition) is 3. The molecule has 10 heteroatoms. The maximum atomic E-state index is 14.1. The van der Waals surface area contributed by atoms with Crippen LogP contribution in [0.2, 0.25) is 15.1 Å². The molecule has 152 valence electrons. The van der Waals surface area contributed by atoms with Crippen LogP contribution in [-0.4, -0.2) is 24.4 Å². The van der Waals surface area contributed by atoms with Gasteiger partial charge in [-0.1, -0.05) is 41.4 Å². The molecule has 0 saturated carbocycles. The van der Waals surface area contributed by atoms with Crippen molar-refractivity contribution in [3.8, 4) is 0 Å². The number of thiophene rings is 1. The van der Waals surface area contributed by atoms with E-state index in [4.69, 9.17) is 44.6 Å². The van der Waals surface area contributed by atoms with Crippen molar-refractivity contribution in [3.63, 3.8) is 0 Å². The van der Waals surface area contributed by atoms with Crippen LogP contribution in [-0.2, 0) is 10.3 Å². The molecule has 1 heterocycles. The Kier molecular flexibility index (Phi) is 6.78. The maximum Gasteiger partial charge on any atom is 0.422 e. The summed E-state index contributed by atoms with van der Waals surface area (Å²) in [6, 6.07) is 3.57. The number of halogens is 6. The third kappa shape index (κ3) is 4.19. The van der Waals surface area contributed by atoms with E-state index in [9.17, 15) is 18.0 Å². The summed E-state index contributed by atoms with van der Waals surface area (Å²) < 4.78 is 47.4. The molecule has 1 atom stereocenters. The Labute approximate surface area is 178 Å². The number of methoxy groups -OCH3 is 1. The highest BCUT2D eigenvalue weighted by Gasteiger charge is 2.57. The van der Waals surface area contributed by atoms with E-state index < -0.39 is 24.2 Å². The molecule has 0 radical (unpaired) electrons. The molecule has 1 aromatic heterocycles. The van der Waals surface area contributed by atoms with Crippen LogP contribution in [0.15, 0.2) is 24.8 Å². The highest BCUT2D eigenvalue weighted by Crippen LogP contribution is 2.50. The molecule has 2 rings (SSSR count). The van der Waals surface area contributed by atoms with Crippen LogP contribution in [0, 0.1) is 6.92 Å². The van der Waals surface area contributed by atoms with Gasteiger partial charge in [-0.25, -0.2) is 4.79 Å². The SMILES string of the molecule is C=C(CC(OC)(c1cc(Cl)c(Cl)c(Cl)c1)C(F)(F)F)c1cc(C)c(C(=O)O)s1. The molecule has 0 fully saturated rings. The Morgan fingerprint density at radius 3 is 2.14 bits per heavy atom. The number of hydrogen-bond donors (Lipinski definition) is 1. The molecule has 28 heavy (non-hydrogen) atoms. The van der Waals surface area contributed by atoms with Crippen molar-refractivity contribution in [2.45, 2.75) is 25.1 Å². The highest BCUT2D eigenvalue weighted by atomic mass is 35.5. The number of aromatic carboxylic acids is 1. The maximum absolute atomic E-state index is 14.1. The third-order valence-electron chi connectivity index (χ3n) is 4.18. The number of carbonyl (C=O) groups is 1. The topological polar surface area (TPSA) is 46.5 Å². The molecule has 2 aromatic rings. The van der Waals surface area contributed by atoms with Gasteiger partial charge in [0.1, 0.15) is 4.88 Å². The van der Waals surface area contributed by atoms with Crippen LogP contribution < -0.4 is 0 Å². The van der Waals surface area contributed by atoms with Crippen LogP contribution in [0.25, 0.3) is 5.57 Å². The minimum Gasteiger partial charge on any atom is -0.477 e. The van der Waals surface area contributed by atoms with E-state index in [1.807, 2.05) is 0 Å². The molecule has 0 spiro atoms. The molecule has 0 aliphatic rings. The van der Waals surface area contributed by atoms with Crippen molar-refractivity contribution < 1.29 is 27.8 Å². The predicted octanol–water partition coefficient (Wildman–Crippen LogP) is 7.22. The number of aryl methyl sites for hydroxylation is 1. The first-order chi connectivity index (χ1) is 12.8. The Balaban J connectivity index is 2.57. The summed E-state index contributed by atoms with van der Waals surface area (Å²) >= 11 is 18.5. The molecule has 0 aliphatic heterocycles. The molecule has 1 unspecified atom stereocenters. The van der Waals surface area contributed by atoms with Crippen molar-refractivity contribution in [2.75, 3.05) is 7.11 Å². The van der Waals surface area contributed by atoms with Gasteiger partial charge in [0, 0.05) is 18.4 Å². The largest absolute Gasteiger partial charge is 0.477 e. The minimum absolute atomic E-state index is 0.0313. The Morgan fingerprint density at radius 2 is 1.75 bits per heavy atom. The molecule has 1 aromatic carbocycles. The van der Waals surface area contributed by atoms with Crippen molar-refractivity contribution in [1.82, 2.24) is 0 Å². The summed E-state index contributed by atoms with van der Waals surface area (Å²) in [6.07, 6.45) is -5.55. The Morgan fingerprint density at radius 1 is 1.21 bits per heavy atom. The number of carboxylic acid groups (broad SMARTS) is 1. The third-order valence-corrected chi connectivity index (χ3v) is 6.70. The molecule has 1 N–H and O–H groups in total. The fourth-order valence-corrected chi connectivity index (χ4v) is 4.29. The molecule has 0 bridgehead atoms. The molecular formula is C18H14Cl3F3O3S. The van der Waals surface area contributed by atoms with E-state index in [-0.39, 0.29) is 31.1 Å². The average Bonchev–Trinajstić information content (AvgIpc) is 2.98. The zero-order valence-electron chi connectivity index (χ0n) is 14.6. The molecule has 0 amide bonds. The van der Waals surface area contributed by atoms with E-state index in [1.54, 1.807) is 6.92 Å². The lowest BCUT2D eigenvalue weighted by Gasteiger charge is -2.35. The lowest BCUT2D eigenvalue weighted by Crippen LogP contribution is -2.44. The van der Waals surface area contributed by atoms with Crippen LogP contribution in [0.5, 0.6) is 0 Å². The predicted molar refractivity (Wildman–Crippen MR) is 106 cm³/mol.